The number of nitrogens with one attached hydrogen (secondary N) is 1. The van der Waals surface area contributed by atoms with Gasteiger partial charge in [-0.2, -0.15) is 0 Å². The number of esters is 1. The van der Waals surface area contributed by atoms with E-state index in [4.69, 9.17) is 9.15 Å². The second kappa shape index (κ2) is 9.19. The van der Waals surface area contributed by atoms with Crippen molar-refractivity contribution in [3.63, 3.8) is 0 Å². The molecule has 0 fully saturated rings. The van der Waals surface area contributed by atoms with Crippen molar-refractivity contribution in [1.82, 2.24) is 5.32 Å². The number of rotatable bonds is 7. The molecule has 0 aliphatic rings. The molecule has 1 heterocycles. The van der Waals surface area contributed by atoms with E-state index in [1.165, 1.54) is 6.92 Å². The van der Waals surface area contributed by atoms with E-state index in [1.807, 2.05) is 30.3 Å². The Balaban J connectivity index is 1.62. The summed E-state index contributed by atoms with van der Waals surface area (Å²) in [4.78, 5) is 36.8. The molecule has 0 saturated carbocycles. The quantitative estimate of drug-likeness (QED) is 0.619. The summed E-state index contributed by atoms with van der Waals surface area (Å²) in [6, 6.07) is 17.6. The van der Waals surface area contributed by atoms with E-state index >= 15 is 0 Å². The lowest BCUT2D eigenvalue weighted by atomic mass is 9.96. The minimum absolute atomic E-state index is 0.168. The molecule has 3 aromatic rings. The van der Waals surface area contributed by atoms with E-state index in [-0.39, 0.29) is 22.7 Å². The molecule has 1 amide bonds. The molecule has 2 aromatic carbocycles. The summed E-state index contributed by atoms with van der Waals surface area (Å²) >= 11 is 0. The fraction of sp³-hybridized carbons (Fsp3) is 0.261. The van der Waals surface area contributed by atoms with Crippen LogP contribution in [0.5, 0.6) is 0 Å². The molecular formula is C23H23NO5. The number of fused-ring (bicyclic) bond motifs is 1. The molecule has 0 unspecified atom stereocenters. The third kappa shape index (κ3) is 4.90. The van der Waals surface area contributed by atoms with Crippen LogP contribution in [0.1, 0.15) is 42.3 Å². The van der Waals surface area contributed by atoms with Crippen LogP contribution in [0, 0.1) is 0 Å². The van der Waals surface area contributed by atoms with Crippen LogP contribution in [0.2, 0.25) is 0 Å². The van der Waals surface area contributed by atoms with Gasteiger partial charge in [-0.05, 0) is 31.0 Å². The average molecular weight is 393 g/mol. The van der Waals surface area contributed by atoms with Gasteiger partial charge in [-0.15, -0.1) is 0 Å². The van der Waals surface area contributed by atoms with Crippen molar-refractivity contribution in [2.45, 2.75) is 32.3 Å². The van der Waals surface area contributed by atoms with Gasteiger partial charge in [0, 0.05) is 18.5 Å². The fourth-order valence-corrected chi connectivity index (χ4v) is 3.07. The van der Waals surface area contributed by atoms with E-state index in [2.05, 4.69) is 12.2 Å². The number of hydrogen-bond acceptors (Lipinski definition) is 5. The topological polar surface area (TPSA) is 85.6 Å². The Hall–Kier alpha value is -3.41. The first-order valence-corrected chi connectivity index (χ1v) is 9.56. The first-order valence-electron chi connectivity index (χ1n) is 9.56. The second-order valence-corrected chi connectivity index (χ2v) is 6.78. The highest BCUT2D eigenvalue weighted by atomic mass is 16.6. The van der Waals surface area contributed by atoms with Crippen LogP contribution in [0.25, 0.3) is 11.0 Å². The lowest BCUT2D eigenvalue weighted by Crippen LogP contribution is -2.38. The van der Waals surface area contributed by atoms with Gasteiger partial charge in [-0.1, -0.05) is 49.4 Å². The monoisotopic (exact) mass is 393 g/mol. The molecule has 1 aromatic heterocycles. The van der Waals surface area contributed by atoms with Crippen molar-refractivity contribution in [1.29, 1.82) is 0 Å². The molecular weight excluding hydrogens is 370 g/mol. The zero-order valence-corrected chi connectivity index (χ0v) is 16.4. The first-order chi connectivity index (χ1) is 14.0. The normalized spacial score (nSPS) is 12.9. The minimum Gasteiger partial charge on any atom is -0.449 e. The smallest absolute Gasteiger partial charge is 0.375 e. The minimum atomic E-state index is -1.02. The Morgan fingerprint density at radius 2 is 1.76 bits per heavy atom. The van der Waals surface area contributed by atoms with Gasteiger partial charge in [0.1, 0.15) is 5.58 Å². The third-order valence-corrected chi connectivity index (χ3v) is 4.78. The van der Waals surface area contributed by atoms with Gasteiger partial charge in [0.15, 0.2) is 11.5 Å². The first kappa shape index (κ1) is 20.3. The molecule has 6 nitrogen and oxygen atoms in total. The molecule has 1 N–H and O–H groups in total. The molecule has 29 heavy (non-hydrogen) atoms. The molecule has 6 heteroatoms. The lowest BCUT2D eigenvalue weighted by molar-refractivity contribution is -0.129. The lowest BCUT2D eigenvalue weighted by Gasteiger charge is -2.18. The van der Waals surface area contributed by atoms with Crippen molar-refractivity contribution >= 4 is 22.8 Å². The summed E-state index contributed by atoms with van der Waals surface area (Å²) in [6.07, 6.45) is -0.159. The predicted molar refractivity (Wildman–Crippen MR) is 110 cm³/mol. The van der Waals surface area contributed by atoms with Crippen LogP contribution in [0.3, 0.4) is 0 Å². The highest BCUT2D eigenvalue weighted by Crippen LogP contribution is 2.18. The molecule has 0 spiro atoms. The van der Waals surface area contributed by atoms with Crippen molar-refractivity contribution in [3.05, 3.63) is 82.2 Å². The van der Waals surface area contributed by atoms with E-state index in [9.17, 15) is 14.4 Å². The van der Waals surface area contributed by atoms with Gasteiger partial charge in [-0.3, -0.25) is 9.59 Å². The Kier molecular flexibility index (Phi) is 6.44. The molecule has 0 aliphatic heterocycles. The Labute approximate surface area is 168 Å². The van der Waals surface area contributed by atoms with E-state index in [1.54, 1.807) is 24.3 Å². The molecule has 0 aliphatic carbocycles. The summed E-state index contributed by atoms with van der Waals surface area (Å²) < 4.78 is 10.6. The summed E-state index contributed by atoms with van der Waals surface area (Å²) in [5.41, 5.74) is 1.08. The van der Waals surface area contributed by atoms with Gasteiger partial charge < -0.3 is 14.5 Å². The zero-order valence-electron chi connectivity index (χ0n) is 16.4. The number of para-hydroxylation sites is 1. The highest BCUT2D eigenvalue weighted by Gasteiger charge is 2.22. The maximum atomic E-state index is 12.4. The number of carbonyl (C=O) groups is 2. The number of amides is 1. The van der Waals surface area contributed by atoms with Crippen LogP contribution in [0.15, 0.2) is 69.9 Å². The van der Waals surface area contributed by atoms with Gasteiger partial charge in [0.05, 0.1) is 5.39 Å². The largest absolute Gasteiger partial charge is 0.449 e. The highest BCUT2D eigenvalue weighted by molar-refractivity contribution is 5.91. The maximum Gasteiger partial charge on any atom is 0.375 e. The van der Waals surface area contributed by atoms with Gasteiger partial charge >= 0.3 is 5.97 Å². The Morgan fingerprint density at radius 3 is 2.48 bits per heavy atom. The molecule has 0 radical (unpaired) electrons. The van der Waals surface area contributed by atoms with Crippen LogP contribution >= 0.6 is 0 Å². The average Bonchev–Trinajstić information content (AvgIpc) is 2.74. The molecule has 3 rings (SSSR count). The SMILES string of the molecule is CC[C@@H](CNC(=O)[C@@H](C)OC(=O)c1cc(=O)c2ccccc2o1)c1ccccc1. The second-order valence-electron chi connectivity index (χ2n) is 6.78. The Morgan fingerprint density at radius 1 is 1.07 bits per heavy atom. The number of ether oxygens (including phenoxy) is 1. The Bertz CT molecular complexity index is 1060. The number of carbonyl (C=O) groups excluding carboxylic acids is 2. The molecule has 0 bridgehead atoms. The molecule has 0 saturated heterocycles. The van der Waals surface area contributed by atoms with Gasteiger partial charge in [-0.25, -0.2) is 4.79 Å². The number of benzene rings is 2. The van der Waals surface area contributed by atoms with Crippen molar-refractivity contribution < 1.29 is 18.7 Å². The van der Waals surface area contributed by atoms with Crippen molar-refractivity contribution in [2.24, 2.45) is 0 Å². The fourth-order valence-electron chi connectivity index (χ4n) is 3.07. The maximum absolute atomic E-state index is 12.4. The van der Waals surface area contributed by atoms with Crippen LogP contribution in [-0.2, 0) is 9.53 Å². The predicted octanol–water partition coefficient (Wildman–Crippen LogP) is 3.65. The summed E-state index contributed by atoms with van der Waals surface area (Å²) in [5, 5.41) is 3.20. The molecule has 2 atom stereocenters. The van der Waals surface area contributed by atoms with Crippen LogP contribution < -0.4 is 10.7 Å². The van der Waals surface area contributed by atoms with E-state index in [0.29, 0.717) is 11.9 Å². The van der Waals surface area contributed by atoms with Crippen LogP contribution in [-0.4, -0.2) is 24.5 Å². The standard InChI is InChI=1S/C23H23NO5/c1-3-16(17-9-5-4-6-10-17)14-24-22(26)15(2)28-23(27)21-13-19(25)18-11-7-8-12-20(18)29-21/h4-13,15-16H,3,14H2,1-2H3,(H,24,26)/t15-,16+/m1/s1. The van der Waals surface area contributed by atoms with Crippen molar-refractivity contribution in [3.8, 4) is 0 Å². The third-order valence-electron chi connectivity index (χ3n) is 4.78. The summed E-state index contributed by atoms with van der Waals surface area (Å²) in [5.74, 6) is -1.33. The molecule has 150 valence electrons. The number of hydrogen-bond donors (Lipinski definition) is 1. The van der Waals surface area contributed by atoms with Gasteiger partial charge in [0.25, 0.3) is 5.91 Å². The summed E-state index contributed by atoms with van der Waals surface area (Å²) in [6.45, 7) is 3.97. The van der Waals surface area contributed by atoms with Crippen molar-refractivity contribution in [2.75, 3.05) is 6.54 Å². The van der Waals surface area contributed by atoms with E-state index < -0.39 is 18.0 Å². The van der Waals surface area contributed by atoms with E-state index in [0.717, 1.165) is 18.1 Å². The zero-order chi connectivity index (χ0) is 20.8. The van der Waals surface area contributed by atoms with Crippen LogP contribution in [0.4, 0.5) is 0 Å². The summed E-state index contributed by atoms with van der Waals surface area (Å²) in [7, 11) is 0. The van der Waals surface area contributed by atoms with Gasteiger partial charge in [0.2, 0.25) is 5.76 Å².